The molecule has 0 saturated heterocycles. The van der Waals surface area contributed by atoms with Crippen LogP contribution < -0.4 is 5.32 Å². The first-order valence-electron chi connectivity index (χ1n) is 7.34. The molecular weight excluding hydrogens is 352 g/mol. The number of aromatic nitrogens is 1. The van der Waals surface area contributed by atoms with Crippen LogP contribution in [-0.2, 0) is 16.6 Å². The smallest absolute Gasteiger partial charge is 0.251 e. The van der Waals surface area contributed by atoms with E-state index in [0.717, 1.165) is 30.0 Å². The third kappa shape index (κ3) is 5.57. The Balaban J connectivity index is 1.96. The Morgan fingerprint density at radius 3 is 2.44 bits per heavy atom. The normalized spacial score (nSPS) is 11.5. The molecule has 0 radical (unpaired) electrons. The van der Waals surface area contributed by atoms with Crippen molar-refractivity contribution in [1.82, 2.24) is 14.6 Å². The lowest BCUT2D eigenvalue weighted by Gasteiger charge is -2.20. The lowest BCUT2D eigenvalue weighted by Crippen LogP contribution is -2.37. The predicted octanol–water partition coefficient (Wildman–Crippen LogP) is 1.55. The summed E-state index contributed by atoms with van der Waals surface area (Å²) in [6, 6.07) is 6.18. The first kappa shape index (κ1) is 18.9. The highest BCUT2D eigenvalue weighted by atomic mass is 32.2. The molecule has 0 spiro atoms. The molecule has 0 aliphatic carbocycles. The van der Waals surface area contributed by atoms with Crippen LogP contribution in [0.3, 0.4) is 0 Å². The lowest BCUT2D eigenvalue weighted by molar-refractivity contribution is 0.0951. The highest BCUT2D eigenvalue weighted by molar-refractivity contribution is 7.88. The van der Waals surface area contributed by atoms with E-state index in [0.29, 0.717) is 0 Å². The molecule has 25 heavy (non-hydrogen) atoms. The second-order valence-corrected chi connectivity index (χ2v) is 7.32. The van der Waals surface area contributed by atoms with Crippen molar-refractivity contribution in [3.8, 4) is 0 Å². The van der Waals surface area contributed by atoms with E-state index < -0.39 is 27.6 Å². The fourth-order valence-corrected chi connectivity index (χ4v) is 2.89. The van der Waals surface area contributed by atoms with E-state index in [9.17, 15) is 22.0 Å². The number of pyridine rings is 1. The highest BCUT2D eigenvalue weighted by Crippen LogP contribution is 2.09. The number of nitrogens with zero attached hydrogens (tertiary/aromatic N) is 2. The number of nitrogens with one attached hydrogen (secondary N) is 1. The van der Waals surface area contributed by atoms with Crippen LogP contribution in [0.15, 0.2) is 42.7 Å². The minimum absolute atomic E-state index is 0.0238. The molecule has 0 unspecified atom stereocenters. The number of benzene rings is 1. The minimum Gasteiger partial charge on any atom is -0.351 e. The maximum absolute atomic E-state index is 13.1. The van der Waals surface area contributed by atoms with Gasteiger partial charge in [-0.1, -0.05) is 0 Å². The largest absolute Gasteiger partial charge is 0.351 e. The van der Waals surface area contributed by atoms with Gasteiger partial charge in [-0.3, -0.25) is 9.78 Å². The summed E-state index contributed by atoms with van der Waals surface area (Å²) in [4.78, 5) is 15.8. The lowest BCUT2D eigenvalue weighted by atomic mass is 10.2. The van der Waals surface area contributed by atoms with Gasteiger partial charge in [0.05, 0.1) is 6.26 Å². The van der Waals surface area contributed by atoms with E-state index in [1.54, 1.807) is 24.5 Å². The molecule has 2 rings (SSSR count). The molecule has 134 valence electrons. The Morgan fingerprint density at radius 1 is 1.16 bits per heavy atom. The number of hydrogen-bond donors (Lipinski definition) is 1. The van der Waals surface area contributed by atoms with Gasteiger partial charge in [0.15, 0.2) is 11.6 Å². The molecule has 2 aromatic rings. The molecule has 0 saturated carbocycles. The quantitative estimate of drug-likeness (QED) is 0.803. The number of rotatable bonds is 7. The third-order valence-corrected chi connectivity index (χ3v) is 4.66. The zero-order valence-corrected chi connectivity index (χ0v) is 14.3. The average molecular weight is 369 g/mol. The van der Waals surface area contributed by atoms with Crippen LogP contribution in [0.5, 0.6) is 0 Å². The van der Waals surface area contributed by atoms with E-state index in [1.807, 2.05) is 0 Å². The molecule has 1 aromatic carbocycles. The zero-order valence-electron chi connectivity index (χ0n) is 13.4. The molecule has 1 heterocycles. The first-order valence-corrected chi connectivity index (χ1v) is 9.19. The molecule has 1 N–H and O–H groups in total. The van der Waals surface area contributed by atoms with E-state index in [1.165, 1.54) is 4.31 Å². The molecule has 1 aromatic heterocycles. The fourth-order valence-electron chi connectivity index (χ4n) is 2.09. The summed E-state index contributed by atoms with van der Waals surface area (Å²) in [6.45, 7) is 0.203. The van der Waals surface area contributed by atoms with Crippen molar-refractivity contribution in [2.24, 2.45) is 0 Å². The fraction of sp³-hybridized carbons (Fsp3) is 0.250. The van der Waals surface area contributed by atoms with Gasteiger partial charge in [-0.2, -0.15) is 4.31 Å². The van der Waals surface area contributed by atoms with Gasteiger partial charge in [0.1, 0.15) is 0 Å². The van der Waals surface area contributed by atoms with Crippen LogP contribution in [0.1, 0.15) is 15.9 Å². The van der Waals surface area contributed by atoms with Crippen LogP contribution >= 0.6 is 0 Å². The summed E-state index contributed by atoms with van der Waals surface area (Å²) in [5.41, 5.74) is 0.714. The van der Waals surface area contributed by atoms with Gasteiger partial charge in [-0.05, 0) is 35.9 Å². The summed E-state index contributed by atoms with van der Waals surface area (Å²) < 4.78 is 51.0. The van der Waals surface area contributed by atoms with Crippen molar-refractivity contribution in [3.05, 3.63) is 65.5 Å². The molecule has 9 heteroatoms. The molecule has 0 aliphatic heterocycles. The minimum atomic E-state index is -3.49. The van der Waals surface area contributed by atoms with Crippen LogP contribution in [0.25, 0.3) is 0 Å². The van der Waals surface area contributed by atoms with Crippen molar-refractivity contribution >= 4 is 15.9 Å². The number of amides is 1. The second-order valence-electron chi connectivity index (χ2n) is 5.34. The van der Waals surface area contributed by atoms with Crippen LogP contribution in [0.4, 0.5) is 8.78 Å². The van der Waals surface area contributed by atoms with Gasteiger partial charge in [-0.15, -0.1) is 0 Å². The highest BCUT2D eigenvalue weighted by Gasteiger charge is 2.17. The molecular formula is C16H17F2N3O3S. The van der Waals surface area contributed by atoms with Gasteiger partial charge in [0, 0.05) is 37.6 Å². The van der Waals surface area contributed by atoms with Crippen molar-refractivity contribution in [2.75, 3.05) is 19.3 Å². The third-order valence-electron chi connectivity index (χ3n) is 3.41. The number of sulfonamides is 1. The molecule has 6 nitrogen and oxygen atoms in total. The number of halogens is 2. The molecule has 0 fully saturated rings. The van der Waals surface area contributed by atoms with E-state index in [-0.39, 0.29) is 25.2 Å². The Morgan fingerprint density at radius 2 is 1.84 bits per heavy atom. The summed E-state index contributed by atoms with van der Waals surface area (Å²) >= 11 is 0. The summed E-state index contributed by atoms with van der Waals surface area (Å²) in [6.07, 6.45) is 4.19. The van der Waals surface area contributed by atoms with Gasteiger partial charge in [0.25, 0.3) is 5.91 Å². The van der Waals surface area contributed by atoms with Crippen LogP contribution in [0, 0.1) is 11.6 Å². The predicted molar refractivity (Wildman–Crippen MR) is 88.2 cm³/mol. The molecule has 0 aliphatic rings. The van der Waals surface area contributed by atoms with Crippen molar-refractivity contribution in [3.63, 3.8) is 0 Å². The zero-order chi connectivity index (χ0) is 18.4. The van der Waals surface area contributed by atoms with Crippen molar-refractivity contribution in [2.45, 2.75) is 6.54 Å². The Labute approximate surface area is 144 Å². The number of carbonyl (C=O) groups excluding carboxylic acids is 1. The van der Waals surface area contributed by atoms with Crippen molar-refractivity contribution < 1.29 is 22.0 Å². The van der Waals surface area contributed by atoms with Crippen LogP contribution in [0.2, 0.25) is 0 Å². The van der Waals surface area contributed by atoms with E-state index in [4.69, 9.17) is 0 Å². The van der Waals surface area contributed by atoms with Crippen LogP contribution in [-0.4, -0.2) is 43.0 Å². The number of carbonyl (C=O) groups is 1. The standard InChI is InChI=1S/C16H17F2N3O3S/c1-25(23,24)21(11-12-4-6-19-7-5-12)9-8-20-16(22)13-2-3-14(17)15(18)10-13/h2-7,10H,8-9,11H2,1H3,(H,20,22). The average Bonchev–Trinajstić information content (AvgIpc) is 2.56. The van der Waals surface area contributed by atoms with Crippen molar-refractivity contribution in [1.29, 1.82) is 0 Å². The summed E-state index contributed by atoms with van der Waals surface area (Å²) in [5, 5.41) is 2.49. The van der Waals surface area contributed by atoms with E-state index in [2.05, 4.69) is 10.3 Å². The Hall–Kier alpha value is -2.39. The van der Waals surface area contributed by atoms with Gasteiger partial charge >= 0.3 is 0 Å². The molecule has 1 amide bonds. The van der Waals surface area contributed by atoms with Gasteiger partial charge < -0.3 is 5.32 Å². The first-order chi connectivity index (χ1) is 11.8. The SMILES string of the molecule is CS(=O)(=O)N(CCNC(=O)c1ccc(F)c(F)c1)Cc1ccncc1. The Kier molecular flexibility index (Phi) is 6.16. The maximum atomic E-state index is 13.1. The Bertz CT molecular complexity index is 845. The van der Waals surface area contributed by atoms with E-state index >= 15 is 0 Å². The number of hydrogen-bond acceptors (Lipinski definition) is 4. The summed E-state index contributed by atoms with van der Waals surface area (Å²) in [7, 11) is -3.49. The maximum Gasteiger partial charge on any atom is 0.251 e. The van der Waals surface area contributed by atoms with Gasteiger partial charge in [-0.25, -0.2) is 17.2 Å². The molecule has 0 bridgehead atoms. The molecule has 0 atom stereocenters. The second kappa shape index (κ2) is 8.13. The monoisotopic (exact) mass is 369 g/mol. The van der Waals surface area contributed by atoms with Gasteiger partial charge in [0.2, 0.25) is 10.0 Å². The topological polar surface area (TPSA) is 79.4 Å². The summed E-state index contributed by atoms with van der Waals surface area (Å²) in [5.74, 6) is -2.78.